The van der Waals surface area contributed by atoms with Crippen LogP contribution in [-0.4, -0.2) is 18.2 Å². The Kier molecular flexibility index (Phi) is 5.32. The van der Waals surface area contributed by atoms with Crippen LogP contribution in [0.4, 0.5) is 0 Å². The summed E-state index contributed by atoms with van der Waals surface area (Å²) in [6.45, 7) is 4.13. The van der Waals surface area contributed by atoms with Crippen LogP contribution < -0.4 is 4.74 Å². The molecule has 0 spiro atoms. The van der Waals surface area contributed by atoms with E-state index in [1.807, 2.05) is 6.92 Å². The van der Waals surface area contributed by atoms with Crippen LogP contribution in [-0.2, 0) is 0 Å². The van der Waals surface area contributed by atoms with Gasteiger partial charge in [0, 0.05) is 5.56 Å². The van der Waals surface area contributed by atoms with Gasteiger partial charge in [-0.25, -0.2) is 0 Å². The average molecular weight is 311 g/mol. The van der Waals surface area contributed by atoms with E-state index in [0.29, 0.717) is 18.1 Å². The minimum Gasteiger partial charge on any atom is -0.494 e. The summed E-state index contributed by atoms with van der Waals surface area (Å²) in [4.78, 5) is 24.9. The van der Waals surface area contributed by atoms with Crippen LogP contribution in [0.15, 0.2) is 41.0 Å². The molecular weight excluding hydrogens is 294 g/mol. The molecule has 1 heterocycles. The molecule has 1 aromatic heterocycles. The summed E-state index contributed by atoms with van der Waals surface area (Å²) in [7, 11) is 0. The Labute approximate surface area is 134 Å². The lowest BCUT2D eigenvalue weighted by Crippen LogP contribution is -2.23. The lowest BCUT2D eigenvalue weighted by atomic mass is 9.91. The molecule has 0 aliphatic rings. The third-order valence-electron chi connectivity index (χ3n) is 3.37. The SMILES string of the molecule is CCCOc1cccc(C(=O)[C@H](C#N)C(=O)c2ccoc2C)c1. The van der Waals surface area contributed by atoms with E-state index in [0.717, 1.165) is 6.42 Å². The number of ether oxygens (including phenoxy) is 1. The van der Waals surface area contributed by atoms with Gasteiger partial charge >= 0.3 is 0 Å². The number of furan rings is 1. The standard InChI is InChI=1S/C18H17NO4/c1-3-8-23-14-6-4-5-13(10-14)17(20)16(11-19)18(21)15-7-9-22-12(15)2/h4-7,9-10,16H,3,8H2,1-2H3/t16-/m0/s1. The smallest absolute Gasteiger partial charge is 0.191 e. The number of nitrogens with zero attached hydrogens (tertiary/aromatic N) is 1. The van der Waals surface area contributed by atoms with Crippen molar-refractivity contribution in [3.8, 4) is 11.8 Å². The van der Waals surface area contributed by atoms with Gasteiger partial charge in [-0.05, 0) is 31.5 Å². The molecular formula is C18H17NO4. The molecule has 0 amide bonds. The highest BCUT2D eigenvalue weighted by molar-refractivity contribution is 6.18. The van der Waals surface area contributed by atoms with Crippen LogP contribution in [0.3, 0.4) is 0 Å². The van der Waals surface area contributed by atoms with Crippen LogP contribution in [0.2, 0.25) is 0 Å². The molecule has 0 aliphatic heterocycles. The van der Waals surface area contributed by atoms with Crippen molar-refractivity contribution in [1.82, 2.24) is 0 Å². The number of hydrogen-bond acceptors (Lipinski definition) is 5. The topological polar surface area (TPSA) is 80.3 Å². The molecule has 0 aliphatic carbocycles. The van der Waals surface area contributed by atoms with E-state index < -0.39 is 17.5 Å². The van der Waals surface area contributed by atoms with Crippen LogP contribution in [0, 0.1) is 24.2 Å². The van der Waals surface area contributed by atoms with Crippen LogP contribution in [0.25, 0.3) is 0 Å². The third kappa shape index (κ3) is 3.67. The quantitative estimate of drug-likeness (QED) is 0.576. The van der Waals surface area contributed by atoms with Crippen molar-refractivity contribution < 1.29 is 18.7 Å². The fraction of sp³-hybridized carbons (Fsp3) is 0.278. The van der Waals surface area contributed by atoms with E-state index in [-0.39, 0.29) is 11.1 Å². The van der Waals surface area contributed by atoms with Gasteiger partial charge in [-0.15, -0.1) is 0 Å². The van der Waals surface area contributed by atoms with E-state index in [9.17, 15) is 14.9 Å². The van der Waals surface area contributed by atoms with E-state index in [2.05, 4.69) is 0 Å². The number of aryl methyl sites for hydroxylation is 1. The summed E-state index contributed by atoms with van der Waals surface area (Å²) < 4.78 is 10.5. The van der Waals surface area contributed by atoms with Gasteiger partial charge in [-0.3, -0.25) is 9.59 Å². The average Bonchev–Trinajstić information content (AvgIpc) is 2.99. The second kappa shape index (κ2) is 7.41. The third-order valence-corrected chi connectivity index (χ3v) is 3.37. The number of ketones is 2. The molecule has 0 radical (unpaired) electrons. The molecule has 118 valence electrons. The number of rotatable bonds is 7. The maximum atomic E-state index is 12.5. The van der Waals surface area contributed by atoms with Crippen molar-refractivity contribution >= 4 is 11.6 Å². The van der Waals surface area contributed by atoms with Gasteiger partial charge in [0.15, 0.2) is 17.5 Å². The van der Waals surface area contributed by atoms with Crippen molar-refractivity contribution in [2.45, 2.75) is 20.3 Å². The highest BCUT2D eigenvalue weighted by atomic mass is 16.5. The number of benzene rings is 1. The van der Waals surface area contributed by atoms with Gasteiger partial charge in [0.1, 0.15) is 11.5 Å². The lowest BCUT2D eigenvalue weighted by molar-refractivity contribution is 0.0845. The van der Waals surface area contributed by atoms with E-state index in [4.69, 9.17) is 9.15 Å². The Morgan fingerprint density at radius 3 is 2.70 bits per heavy atom. The highest BCUT2D eigenvalue weighted by Crippen LogP contribution is 2.21. The molecule has 2 aromatic rings. The largest absolute Gasteiger partial charge is 0.494 e. The maximum absolute atomic E-state index is 12.5. The first-order valence-electron chi connectivity index (χ1n) is 7.33. The Balaban J connectivity index is 2.25. The van der Waals surface area contributed by atoms with Gasteiger partial charge in [0.2, 0.25) is 0 Å². The molecule has 1 atom stereocenters. The predicted octanol–water partition coefficient (Wildman–Crippen LogP) is 3.58. The number of Topliss-reactive ketones (excluding diaryl/α,β-unsaturated/α-hetero) is 2. The first-order chi connectivity index (χ1) is 11.1. The monoisotopic (exact) mass is 311 g/mol. The predicted molar refractivity (Wildman–Crippen MR) is 83.4 cm³/mol. The zero-order chi connectivity index (χ0) is 16.8. The van der Waals surface area contributed by atoms with E-state index in [1.54, 1.807) is 37.3 Å². The van der Waals surface area contributed by atoms with Crippen molar-refractivity contribution in [2.24, 2.45) is 5.92 Å². The number of hydrogen-bond donors (Lipinski definition) is 0. The Morgan fingerprint density at radius 2 is 2.09 bits per heavy atom. The lowest BCUT2D eigenvalue weighted by Gasteiger charge is -2.09. The second-order valence-corrected chi connectivity index (χ2v) is 5.06. The van der Waals surface area contributed by atoms with Gasteiger partial charge in [-0.2, -0.15) is 5.26 Å². The van der Waals surface area contributed by atoms with E-state index in [1.165, 1.54) is 12.3 Å². The van der Waals surface area contributed by atoms with Gasteiger partial charge in [-0.1, -0.05) is 19.1 Å². The molecule has 0 saturated carbocycles. The molecule has 0 fully saturated rings. The van der Waals surface area contributed by atoms with Crippen LogP contribution in [0.5, 0.6) is 5.75 Å². The summed E-state index contributed by atoms with van der Waals surface area (Å²) in [6.07, 6.45) is 2.21. The fourth-order valence-corrected chi connectivity index (χ4v) is 2.16. The molecule has 23 heavy (non-hydrogen) atoms. The molecule has 0 unspecified atom stereocenters. The minimum absolute atomic E-state index is 0.253. The Morgan fingerprint density at radius 1 is 1.30 bits per heavy atom. The normalized spacial score (nSPS) is 11.5. The number of carbonyl (C=O) groups is 2. The van der Waals surface area contributed by atoms with Gasteiger partial charge < -0.3 is 9.15 Å². The molecule has 1 aromatic carbocycles. The highest BCUT2D eigenvalue weighted by Gasteiger charge is 2.30. The molecule has 0 N–H and O–H groups in total. The van der Waals surface area contributed by atoms with Gasteiger partial charge in [0.05, 0.1) is 24.5 Å². The number of nitriles is 1. The molecule has 5 heteroatoms. The second-order valence-electron chi connectivity index (χ2n) is 5.06. The van der Waals surface area contributed by atoms with E-state index >= 15 is 0 Å². The van der Waals surface area contributed by atoms with Crippen LogP contribution >= 0.6 is 0 Å². The van der Waals surface area contributed by atoms with Crippen LogP contribution in [0.1, 0.15) is 39.8 Å². The molecule has 5 nitrogen and oxygen atoms in total. The summed E-state index contributed by atoms with van der Waals surface area (Å²) >= 11 is 0. The first-order valence-corrected chi connectivity index (χ1v) is 7.33. The summed E-state index contributed by atoms with van der Waals surface area (Å²) in [5.41, 5.74) is 0.530. The summed E-state index contributed by atoms with van der Waals surface area (Å²) in [5, 5.41) is 9.28. The van der Waals surface area contributed by atoms with Crippen molar-refractivity contribution in [3.05, 3.63) is 53.5 Å². The molecule has 2 rings (SSSR count). The molecule has 0 saturated heterocycles. The Bertz CT molecular complexity index is 754. The maximum Gasteiger partial charge on any atom is 0.191 e. The summed E-state index contributed by atoms with van der Waals surface area (Å²) in [5.74, 6) is -1.55. The van der Waals surface area contributed by atoms with Crippen molar-refractivity contribution in [1.29, 1.82) is 5.26 Å². The first kappa shape index (κ1) is 16.5. The van der Waals surface area contributed by atoms with Crippen molar-refractivity contribution in [2.75, 3.05) is 6.61 Å². The molecule has 0 bridgehead atoms. The zero-order valence-corrected chi connectivity index (χ0v) is 13.0. The van der Waals surface area contributed by atoms with Crippen molar-refractivity contribution in [3.63, 3.8) is 0 Å². The summed E-state index contributed by atoms with van der Waals surface area (Å²) in [6, 6.07) is 9.79. The zero-order valence-electron chi connectivity index (χ0n) is 13.0. The fourth-order valence-electron chi connectivity index (χ4n) is 2.16. The van der Waals surface area contributed by atoms with Gasteiger partial charge in [0.25, 0.3) is 0 Å². The number of carbonyl (C=O) groups excluding carboxylic acids is 2. The Hall–Kier alpha value is -2.87. The minimum atomic E-state index is -1.40.